The number of amides is 1. The minimum Gasteiger partial charge on any atom is -0.483 e. The van der Waals surface area contributed by atoms with Crippen LogP contribution in [0.5, 0.6) is 5.75 Å². The standard InChI is InChI=1S/C16H26N2O2/c1-5-18(6-2)11-10-17-16(19)12-20-15-9-7-8-13(3)14(15)4/h7-9H,5-6,10-12H2,1-4H3,(H,17,19). The van der Waals surface area contributed by atoms with E-state index in [-0.39, 0.29) is 12.5 Å². The van der Waals surface area contributed by atoms with Crippen molar-refractivity contribution >= 4 is 5.91 Å². The lowest BCUT2D eigenvalue weighted by molar-refractivity contribution is -0.123. The molecule has 1 aromatic rings. The van der Waals surface area contributed by atoms with Crippen molar-refractivity contribution in [2.24, 2.45) is 0 Å². The number of aryl methyl sites for hydroxylation is 1. The first-order chi connectivity index (χ1) is 9.58. The van der Waals surface area contributed by atoms with Crippen molar-refractivity contribution in [1.82, 2.24) is 10.2 Å². The van der Waals surface area contributed by atoms with Gasteiger partial charge in [0.15, 0.2) is 6.61 Å². The molecule has 112 valence electrons. The summed E-state index contributed by atoms with van der Waals surface area (Å²) in [5, 5.41) is 2.88. The highest BCUT2D eigenvalue weighted by molar-refractivity contribution is 5.77. The monoisotopic (exact) mass is 278 g/mol. The van der Waals surface area contributed by atoms with E-state index in [0.717, 1.165) is 30.9 Å². The van der Waals surface area contributed by atoms with Gasteiger partial charge in [-0.1, -0.05) is 26.0 Å². The first kappa shape index (κ1) is 16.5. The molecule has 0 fully saturated rings. The Morgan fingerprint density at radius 1 is 1.25 bits per heavy atom. The van der Waals surface area contributed by atoms with E-state index in [4.69, 9.17) is 4.74 Å². The first-order valence-electron chi connectivity index (χ1n) is 7.26. The van der Waals surface area contributed by atoms with Gasteiger partial charge in [-0.25, -0.2) is 0 Å². The zero-order valence-corrected chi connectivity index (χ0v) is 13.0. The second kappa shape index (κ2) is 8.59. The molecule has 1 rings (SSSR count). The van der Waals surface area contributed by atoms with Crippen molar-refractivity contribution < 1.29 is 9.53 Å². The Balaban J connectivity index is 2.31. The molecule has 0 radical (unpaired) electrons. The molecule has 0 heterocycles. The largest absolute Gasteiger partial charge is 0.483 e. The molecule has 0 aromatic heterocycles. The zero-order valence-electron chi connectivity index (χ0n) is 13.0. The maximum Gasteiger partial charge on any atom is 0.257 e. The molecule has 1 N–H and O–H groups in total. The van der Waals surface area contributed by atoms with Crippen molar-refractivity contribution in [2.45, 2.75) is 27.7 Å². The van der Waals surface area contributed by atoms with Crippen LogP contribution in [0.3, 0.4) is 0 Å². The summed E-state index contributed by atoms with van der Waals surface area (Å²) in [6.45, 7) is 11.9. The molecule has 0 atom stereocenters. The van der Waals surface area contributed by atoms with Crippen LogP contribution >= 0.6 is 0 Å². The highest BCUT2D eigenvalue weighted by atomic mass is 16.5. The number of likely N-dealkylation sites (N-methyl/N-ethyl adjacent to an activating group) is 1. The Morgan fingerprint density at radius 3 is 2.60 bits per heavy atom. The van der Waals surface area contributed by atoms with E-state index in [0.29, 0.717) is 6.54 Å². The number of rotatable bonds is 8. The molecule has 0 aliphatic heterocycles. The fourth-order valence-corrected chi connectivity index (χ4v) is 1.97. The summed E-state index contributed by atoms with van der Waals surface area (Å²) in [4.78, 5) is 14.0. The van der Waals surface area contributed by atoms with E-state index in [1.807, 2.05) is 32.0 Å². The van der Waals surface area contributed by atoms with Gasteiger partial charge in [0.1, 0.15) is 5.75 Å². The minimum atomic E-state index is -0.0712. The maximum atomic E-state index is 11.7. The molecule has 0 unspecified atom stereocenters. The third-order valence-corrected chi connectivity index (χ3v) is 3.56. The van der Waals surface area contributed by atoms with Crippen LogP contribution in [0.2, 0.25) is 0 Å². The van der Waals surface area contributed by atoms with Gasteiger partial charge in [-0.2, -0.15) is 0 Å². The molecule has 1 amide bonds. The molecule has 1 aromatic carbocycles. The average molecular weight is 278 g/mol. The van der Waals surface area contributed by atoms with Gasteiger partial charge in [-0.05, 0) is 44.1 Å². The van der Waals surface area contributed by atoms with Gasteiger partial charge in [0, 0.05) is 13.1 Å². The molecule has 0 saturated heterocycles. The van der Waals surface area contributed by atoms with Gasteiger partial charge >= 0.3 is 0 Å². The Labute approximate surface area is 122 Å². The van der Waals surface area contributed by atoms with Crippen LogP contribution in [0.15, 0.2) is 18.2 Å². The normalized spacial score (nSPS) is 10.7. The third-order valence-electron chi connectivity index (χ3n) is 3.56. The lowest BCUT2D eigenvalue weighted by Crippen LogP contribution is -2.36. The van der Waals surface area contributed by atoms with Gasteiger partial charge in [0.25, 0.3) is 5.91 Å². The fourth-order valence-electron chi connectivity index (χ4n) is 1.97. The van der Waals surface area contributed by atoms with E-state index in [1.54, 1.807) is 0 Å². The predicted octanol–water partition coefficient (Wildman–Crippen LogP) is 2.14. The number of benzene rings is 1. The number of ether oxygens (including phenoxy) is 1. The molecular formula is C16H26N2O2. The number of carbonyl (C=O) groups is 1. The molecular weight excluding hydrogens is 252 g/mol. The van der Waals surface area contributed by atoms with Crippen LogP contribution in [-0.2, 0) is 4.79 Å². The Bertz CT molecular complexity index is 428. The van der Waals surface area contributed by atoms with E-state index >= 15 is 0 Å². The molecule has 20 heavy (non-hydrogen) atoms. The number of carbonyl (C=O) groups excluding carboxylic acids is 1. The second-order valence-electron chi connectivity index (χ2n) is 4.86. The zero-order chi connectivity index (χ0) is 15.0. The van der Waals surface area contributed by atoms with Crippen LogP contribution in [0.1, 0.15) is 25.0 Å². The highest BCUT2D eigenvalue weighted by Crippen LogP contribution is 2.20. The van der Waals surface area contributed by atoms with Crippen LogP contribution in [0.25, 0.3) is 0 Å². The Kier molecular flexibility index (Phi) is 7.09. The van der Waals surface area contributed by atoms with Crippen LogP contribution in [0, 0.1) is 13.8 Å². The summed E-state index contributed by atoms with van der Waals surface area (Å²) in [5.74, 6) is 0.710. The van der Waals surface area contributed by atoms with Gasteiger partial charge in [-0.3, -0.25) is 4.79 Å². The molecule has 0 saturated carbocycles. The van der Waals surface area contributed by atoms with Crippen molar-refractivity contribution in [3.05, 3.63) is 29.3 Å². The smallest absolute Gasteiger partial charge is 0.257 e. The quantitative estimate of drug-likeness (QED) is 0.792. The molecule has 0 aliphatic rings. The molecule has 4 nitrogen and oxygen atoms in total. The lowest BCUT2D eigenvalue weighted by Gasteiger charge is -2.18. The number of hydrogen-bond acceptors (Lipinski definition) is 3. The van der Waals surface area contributed by atoms with Crippen LogP contribution < -0.4 is 10.1 Å². The van der Waals surface area contributed by atoms with Crippen molar-refractivity contribution in [3.63, 3.8) is 0 Å². The van der Waals surface area contributed by atoms with Crippen LogP contribution in [-0.4, -0.2) is 43.6 Å². The lowest BCUT2D eigenvalue weighted by atomic mass is 10.1. The summed E-state index contributed by atoms with van der Waals surface area (Å²) < 4.78 is 5.56. The van der Waals surface area contributed by atoms with Gasteiger partial charge < -0.3 is 15.0 Å². The Morgan fingerprint density at radius 2 is 1.95 bits per heavy atom. The average Bonchev–Trinajstić information content (AvgIpc) is 2.45. The molecule has 4 heteroatoms. The first-order valence-corrected chi connectivity index (χ1v) is 7.26. The predicted molar refractivity (Wildman–Crippen MR) is 82.2 cm³/mol. The molecule has 0 aliphatic carbocycles. The Hall–Kier alpha value is -1.55. The molecule has 0 spiro atoms. The summed E-state index contributed by atoms with van der Waals surface area (Å²) in [7, 11) is 0. The topological polar surface area (TPSA) is 41.6 Å². The summed E-state index contributed by atoms with van der Waals surface area (Å²) >= 11 is 0. The van der Waals surface area contributed by atoms with Gasteiger partial charge in [0.05, 0.1) is 0 Å². The maximum absolute atomic E-state index is 11.7. The molecule has 0 bridgehead atoms. The van der Waals surface area contributed by atoms with Crippen molar-refractivity contribution in [3.8, 4) is 5.75 Å². The third kappa shape index (κ3) is 5.21. The summed E-state index contributed by atoms with van der Waals surface area (Å²) in [6, 6.07) is 5.87. The SMILES string of the molecule is CCN(CC)CCNC(=O)COc1cccc(C)c1C. The summed E-state index contributed by atoms with van der Waals surface area (Å²) in [5.41, 5.74) is 2.26. The fraction of sp³-hybridized carbons (Fsp3) is 0.562. The van der Waals surface area contributed by atoms with E-state index in [1.165, 1.54) is 5.56 Å². The number of hydrogen-bond donors (Lipinski definition) is 1. The number of nitrogens with zero attached hydrogens (tertiary/aromatic N) is 1. The van der Waals surface area contributed by atoms with Crippen molar-refractivity contribution in [1.29, 1.82) is 0 Å². The minimum absolute atomic E-state index is 0.0712. The second-order valence-corrected chi connectivity index (χ2v) is 4.86. The van der Waals surface area contributed by atoms with Crippen molar-refractivity contribution in [2.75, 3.05) is 32.8 Å². The highest BCUT2D eigenvalue weighted by Gasteiger charge is 2.06. The van der Waals surface area contributed by atoms with E-state index in [2.05, 4.69) is 24.1 Å². The number of nitrogens with one attached hydrogen (secondary N) is 1. The van der Waals surface area contributed by atoms with Crippen LogP contribution in [0.4, 0.5) is 0 Å². The summed E-state index contributed by atoms with van der Waals surface area (Å²) in [6.07, 6.45) is 0. The van der Waals surface area contributed by atoms with Gasteiger partial charge in [0.2, 0.25) is 0 Å². The van der Waals surface area contributed by atoms with E-state index < -0.39 is 0 Å². The van der Waals surface area contributed by atoms with Gasteiger partial charge in [-0.15, -0.1) is 0 Å². The van der Waals surface area contributed by atoms with E-state index in [9.17, 15) is 4.79 Å².